The van der Waals surface area contributed by atoms with Crippen molar-refractivity contribution in [2.24, 2.45) is 11.7 Å². The summed E-state index contributed by atoms with van der Waals surface area (Å²) in [5.41, 5.74) is 6.37. The Morgan fingerprint density at radius 1 is 1.06 bits per heavy atom. The van der Waals surface area contributed by atoms with Crippen LogP contribution >= 0.6 is 15.9 Å². The van der Waals surface area contributed by atoms with Crippen LogP contribution in [0.5, 0.6) is 0 Å². The number of nitrogens with zero attached hydrogens (tertiary/aromatic N) is 4. The maximum Gasteiger partial charge on any atom is 0.244 e. The maximum absolute atomic E-state index is 13.1. The van der Waals surface area contributed by atoms with Crippen LogP contribution in [0.15, 0.2) is 57.9 Å². The van der Waals surface area contributed by atoms with E-state index in [-0.39, 0.29) is 10.8 Å². The lowest BCUT2D eigenvalue weighted by molar-refractivity contribution is -0.119. The molecule has 1 aliphatic rings. The molecule has 1 aromatic heterocycles. The van der Waals surface area contributed by atoms with Crippen LogP contribution in [0.1, 0.15) is 19.7 Å². The molecular formula is C24H29BrN6O3S. The van der Waals surface area contributed by atoms with Crippen molar-refractivity contribution in [3.8, 4) is 0 Å². The second kappa shape index (κ2) is 10.6. The van der Waals surface area contributed by atoms with Gasteiger partial charge in [-0.3, -0.25) is 9.69 Å². The van der Waals surface area contributed by atoms with Crippen molar-refractivity contribution in [1.29, 1.82) is 0 Å². The Kier molecular flexibility index (Phi) is 7.70. The molecule has 11 heteroatoms. The summed E-state index contributed by atoms with van der Waals surface area (Å²) in [6.07, 6.45) is 0. The molecule has 3 N–H and O–H groups in total. The van der Waals surface area contributed by atoms with Gasteiger partial charge in [-0.2, -0.15) is 4.31 Å². The highest BCUT2D eigenvalue weighted by Crippen LogP contribution is 2.26. The van der Waals surface area contributed by atoms with Crippen LogP contribution in [0.2, 0.25) is 0 Å². The monoisotopic (exact) mass is 560 g/mol. The molecular weight excluding hydrogens is 532 g/mol. The van der Waals surface area contributed by atoms with Gasteiger partial charge >= 0.3 is 0 Å². The Bertz CT molecular complexity index is 1330. The maximum atomic E-state index is 13.1. The standard InChI is InChI=1S/C24H29BrN6O3S/c1-16(2)22(23(26)32)29-24-17-7-3-5-9-19(17)27-21(28-24)15-30-11-13-31(14-12-30)35(33,34)20-10-6-4-8-18(20)25/h3-10,16,22H,11-15H2,1-2H3,(H2,26,32)(H,27,28,29)/t22-/m0/s1. The lowest BCUT2D eigenvalue weighted by atomic mass is 10.0. The zero-order valence-corrected chi connectivity index (χ0v) is 22.1. The van der Waals surface area contributed by atoms with Gasteiger partial charge in [0.15, 0.2) is 0 Å². The number of aromatic nitrogens is 2. The van der Waals surface area contributed by atoms with Crippen molar-refractivity contribution < 1.29 is 13.2 Å². The van der Waals surface area contributed by atoms with Crippen LogP contribution in [0.25, 0.3) is 10.9 Å². The predicted molar refractivity (Wildman–Crippen MR) is 139 cm³/mol. The minimum absolute atomic E-state index is 0.00986. The van der Waals surface area contributed by atoms with Crippen LogP contribution < -0.4 is 11.1 Å². The lowest BCUT2D eigenvalue weighted by Gasteiger charge is -2.33. The number of piperazine rings is 1. The first-order valence-electron chi connectivity index (χ1n) is 11.5. The molecule has 0 aliphatic carbocycles. The highest BCUT2D eigenvalue weighted by molar-refractivity contribution is 9.10. The number of sulfonamides is 1. The number of amides is 1. The van der Waals surface area contributed by atoms with Gasteiger partial charge < -0.3 is 11.1 Å². The summed E-state index contributed by atoms with van der Waals surface area (Å²) in [5, 5.41) is 4.03. The zero-order chi connectivity index (χ0) is 25.2. The number of benzene rings is 2. The van der Waals surface area contributed by atoms with Crippen molar-refractivity contribution in [2.75, 3.05) is 31.5 Å². The Hall–Kier alpha value is -2.60. The first-order valence-corrected chi connectivity index (χ1v) is 13.7. The van der Waals surface area contributed by atoms with Crippen molar-refractivity contribution in [3.63, 3.8) is 0 Å². The number of para-hydroxylation sites is 1. The van der Waals surface area contributed by atoms with Gasteiger partial charge in [-0.1, -0.05) is 38.1 Å². The number of fused-ring (bicyclic) bond motifs is 1. The molecule has 186 valence electrons. The minimum Gasteiger partial charge on any atom is -0.368 e. The molecule has 0 saturated carbocycles. The molecule has 3 aromatic rings. The fourth-order valence-electron chi connectivity index (χ4n) is 4.14. The molecule has 1 saturated heterocycles. The number of anilines is 1. The molecule has 1 fully saturated rings. The van der Waals surface area contributed by atoms with Crippen LogP contribution in [0.4, 0.5) is 5.82 Å². The van der Waals surface area contributed by atoms with E-state index >= 15 is 0 Å². The summed E-state index contributed by atoms with van der Waals surface area (Å²) in [7, 11) is -3.58. The van der Waals surface area contributed by atoms with Crippen LogP contribution in [-0.2, 0) is 21.4 Å². The fourth-order valence-corrected chi connectivity index (χ4v) is 6.53. The lowest BCUT2D eigenvalue weighted by Crippen LogP contribution is -2.48. The van der Waals surface area contributed by atoms with Crippen molar-refractivity contribution in [2.45, 2.75) is 31.3 Å². The largest absolute Gasteiger partial charge is 0.368 e. The number of rotatable bonds is 8. The van der Waals surface area contributed by atoms with E-state index in [1.807, 2.05) is 38.1 Å². The predicted octanol–water partition coefficient (Wildman–Crippen LogP) is 2.82. The van der Waals surface area contributed by atoms with Gasteiger partial charge in [0.05, 0.1) is 17.0 Å². The molecule has 1 atom stereocenters. The van der Waals surface area contributed by atoms with E-state index in [4.69, 9.17) is 15.7 Å². The second-order valence-corrected chi connectivity index (χ2v) is 11.6. The molecule has 2 aromatic carbocycles. The Morgan fingerprint density at radius 3 is 2.37 bits per heavy atom. The van der Waals surface area contributed by atoms with Crippen LogP contribution in [-0.4, -0.2) is 65.7 Å². The zero-order valence-electron chi connectivity index (χ0n) is 19.7. The molecule has 0 unspecified atom stereocenters. The van der Waals surface area contributed by atoms with E-state index in [1.165, 1.54) is 4.31 Å². The summed E-state index contributed by atoms with van der Waals surface area (Å²) >= 11 is 3.35. The summed E-state index contributed by atoms with van der Waals surface area (Å²) < 4.78 is 28.2. The number of carbonyl (C=O) groups excluding carboxylic acids is 1. The summed E-state index contributed by atoms with van der Waals surface area (Å²) in [6, 6.07) is 13.9. The van der Waals surface area contributed by atoms with E-state index in [9.17, 15) is 13.2 Å². The van der Waals surface area contributed by atoms with Gasteiger partial charge in [0.2, 0.25) is 15.9 Å². The van der Waals surface area contributed by atoms with Gasteiger partial charge in [0, 0.05) is 36.0 Å². The number of nitrogens with two attached hydrogens (primary N) is 1. The van der Waals surface area contributed by atoms with E-state index in [2.05, 4.69) is 26.1 Å². The Balaban J connectivity index is 1.51. The topological polar surface area (TPSA) is 122 Å². The van der Waals surface area contributed by atoms with E-state index < -0.39 is 22.0 Å². The van der Waals surface area contributed by atoms with Gasteiger partial charge in [-0.15, -0.1) is 0 Å². The number of hydrogen-bond donors (Lipinski definition) is 2. The van der Waals surface area contributed by atoms with Crippen LogP contribution in [0, 0.1) is 5.92 Å². The van der Waals surface area contributed by atoms with Crippen molar-refractivity contribution >= 4 is 48.6 Å². The van der Waals surface area contributed by atoms with Crippen LogP contribution in [0.3, 0.4) is 0 Å². The molecule has 4 rings (SSSR count). The minimum atomic E-state index is -3.58. The summed E-state index contributed by atoms with van der Waals surface area (Å²) in [6.45, 7) is 6.17. The van der Waals surface area contributed by atoms with E-state index in [0.29, 0.717) is 48.8 Å². The van der Waals surface area contributed by atoms with Gasteiger partial charge in [-0.25, -0.2) is 18.4 Å². The first kappa shape index (κ1) is 25.5. The molecule has 35 heavy (non-hydrogen) atoms. The average molecular weight is 562 g/mol. The quantitative estimate of drug-likeness (QED) is 0.434. The first-order chi connectivity index (χ1) is 16.7. The molecule has 2 heterocycles. The average Bonchev–Trinajstić information content (AvgIpc) is 2.82. The molecule has 0 spiro atoms. The highest BCUT2D eigenvalue weighted by atomic mass is 79.9. The second-order valence-electron chi connectivity index (χ2n) is 8.88. The number of primary amides is 1. The number of carbonyl (C=O) groups is 1. The normalized spacial score (nSPS) is 16.5. The number of hydrogen-bond acceptors (Lipinski definition) is 7. The fraction of sp³-hybridized carbons (Fsp3) is 0.375. The number of nitrogens with one attached hydrogen (secondary N) is 1. The molecule has 0 radical (unpaired) electrons. The summed E-state index contributed by atoms with van der Waals surface area (Å²) in [4.78, 5) is 23.8. The third-order valence-corrected chi connectivity index (χ3v) is 8.98. The number of halogens is 1. The summed E-state index contributed by atoms with van der Waals surface area (Å²) in [5.74, 6) is 0.717. The Labute approximate surface area is 213 Å². The molecule has 1 aliphatic heterocycles. The molecule has 0 bridgehead atoms. The van der Waals surface area contributed by atoms with Gasteiger partial charge in [0.25, 0.3) is 0 Å². The third-order valence-electron chi connectivity index (χ3n) is 6.07. The van der Waals surface area contributed by atoms with E-state index in [0.717, 1.165) is 10.9 Å². The van der Waals surface area contributed by atoms with E-state index in [1.54, 1.807) is 24.3 Å². The highest BCUT2D eigenvalue weighted by Gasteiger charge is 2.30. The Morgan fingerprint density at radius 2 is 1.71 bits per heavy atom. The smallest absolute Gasteiger partial charge is 0.244 e. The van der Waals surface area contributed by atoms with Crippen molar-refractivity contribution in [3.05, 3.63) is 58.8 Å². The van der Waals surface area contributed by atoms with Gasteiger partial charge in [-0.05, 0) is 46.1 Å². The SMILES string of the molecule is CC(C)[C@H](Nc1nc(CN2CCN(S(=O)(=O)c3ccccc3Br)CC2)nc2ccccc12)C(N)=O. The molecule has 1 amide bonds. The third kappa shape index (κ3) is 5.64. The van der Waals surface area contributed by atoms with Crippen molar-refractivity contribution in [1.82, 2.24) is 19.2 Å². The van der Waals surface area contributed by atoms with Gasteiger partial charge in [0.1, 0.15) is 17.7 Å². The molecule has 9 nitrogen and oxygen atoms in total.